The van der Waals surface area contributed by atoms with E-state index in [1.165, 1.54) is 12.1 Å². The van der Waals surface area contributed by atoms with Crippen molar-refractivity contribution in [2.24, 2.45) is 0 Å². The topological polar surface area (TPSA) is 46.2 Å². The van der Waals surface area contributed by atoms with E-state index < -0.39 is 10.0 Å². The van der Waals surface area contributed by atoms with E-state index >= 15 is 0 Å². The first-order valence-corrected chi connectivity index (χ1v) is 7.18. The third-order valence-electron chi connectivity index (χ3n) is 2.14. The molecule has 0 aromatic heterocycles. The second-order valence-corrected chi connectivity index (χ2v) is 5.87. The maximum absolute atomic E-state index is 12.1. The van der Waals surface area contributed by atoms with Gasteiger partial charge < -0.3 is 0 Å². The lowest BCUT2D eigenvalue weighted by Crippen LogP contribution is -2.14. The van der Waals surface area contributed by atoms with Crippen LogP contribution in [0.3, 0.4) is 0 Å². The third kappa shape index (κ3) is 2.77. The normalized spacial score (nSPS) is 11.2. The predicted octanol–water partition coefficient (Wildman–Crippen LogP) is 3.59. The van der Waals surface area contributed by atoms with E-state index in [0.717, 1.165) is 0 Å². The summed E-state index contributed by atoms with van der Waals surface area (Å²) in [5, 5.41) is 0.150. The van der Waals surface area contributed by atoms with Crippen LogP contribution in [0.2, 0.25) is 10.0 Å². The molecule has 0 aliphatic rings. The molecule has 0 saturated heterocycles. The number of nitrogens with one attached hydrogen (secondary N) is 1. The monoisotopic (exact) mass is 300 g/mol. The zero-order valence-corrected chi connectivity index (χ0v) is 11.4. The molecule has 0 amide bonds. The minimum atomic E-state index is -3.82. The van der Waals surface area contributed by atoms with Gasteiger partial charge in [-0.25, -0.2) is 8.42 Å². The van der Waals surface area contributed by atoms with Crippen LogP contribution in [-0.2, 0) is 10.0 Å². The molecule has 0 bridgehead atoms. The molecule has 6 heteroatoms. The highest BCUT2D eigenvalue weighted by atomic mass is 35.5. The highest BCUT2D eigenvalue weighted by Crippen LogP contribution is 2.30. The molecule has 1 N–H and O–H groups in total. The molecular weight excluding hydrogens is 293 g/mol. The van der Waals surface area contributed by atoms with Crippen molar-refractivity contribution in [2.45, 2.75) is 4.90 Å². The molecule has 0 spiro atoms. The van der Waals surface area contributed by atoms with Gasteiger partial charge in [-0.1, -0.05) is 47.5 Å². The van der Waals surface area contributed by atoms with E-state index in [0.29, 0.717) is 5.69 Å². The van der Waals surface area contributed by atoms with Crippen molar-refractivity contribution in [1.29, 1.82) is 0 Å². The van der Waals surface area contributed by atoms with Crippen molar-refractivity contribution in [3.63, 3.8) is 0 Å². The smallest absolute Gasteiger partial charge is 0.264 e. The van der Waals surface area contributed by atoms with Gasteiger partial charge in [0, 0.05) is 6.07 Å². The number of benzene rings is 2. The molecule has 3 nitrogen and oxygen atoms in total. The Balaban J connectivity index is 2.44. The number of sulfonamides is 1. The van der Waals surface area contributed by atoms with Gasteiger partial charge in [0.2, 0.25) is 0 Å². The van der Waals surface area contributed by atoms with Crippen LogP contribution in [0, 0.1) is 6.07 Å². The highest BCUT2D eigenvalue weighted by Gasteiger charge is 2.21. The summed E-state index contributed by atoms with van der Waals surface area (Å²) < 4.78 is 26.7. The summed E-state index contributed by atoms with van der Waals surface area (Å²) in [5.74, 6) is 0. The Hall–Kier alpha value is -1.23. The number of para-hydroxylation sites is 1. The van der Waals surface area contributed by atoms with Crippen LogP contribution in [0.25, 0.3) is 0 Å². The summed E-state index contributed by atoms with van der Waals surface area (Å²) in [7, 11) is -3.82. The van der Waals surface area contributed by atoms with E-state index in [-0.39, 0.29) is 14.9 Å². The van der Waals surface area contributed by atoms with Crippen LogP contribution in [0.1, 0.15) is 0 Å². The fraction of sp³-hybridized carbons (Fsp3) is 0. The predicted molar refractivity (Wildman–Crippen MR) is 72.5 cm³/mol. The molecule has 0 saturated carbocycles. The lowest BCUT2D eigenvalue weighted by atomic mass is 10.3. The maximum Gasteiger partial charge on any atom is 0.264 e. The first kappa shape index (κ1) is 13.2. The molecule has 2 aromatic carbocycles. The van der Waals surface area contributed by atoms with Crippen molar-refractivity contribution in [3.8, 4) is 0 Å². The average molecular weight is 301 g/mol. The van der Waals surface area contributed by atoms with Gasteiger partial charge in [-0.3, -0.25) is 4.72 Å². The Bertz CT molecular complexity index is 637. The van der Waals surface area contributed by atoms with Gasteiger partial charge in [-0.05, 0) is 18.2 Å². The molecule has 1 radical (unpaired) electrons. The van der Waals surface area contributed by atoms with Gasteiger partial charge in [0.25, 0.3) is 10.0 Å². The Morgan fingerprint density at radius 1 is 1.00 bits per heavy atom. The number of hydrogen-bond acceptors (Lipinski definition) is 2. The van der Waals surface area contributed by atoms with Crippen molar-refractivity contribution < 1.29 is 8.42 Å². The van der Waals surface area contributed by atoms with Crippen LogP contribution in [-0.4, -0.2) is 8.42 Å². The second-order valence-electron chi connectivity index (χ2n) is 3.43. The molecule has 0 aliphatic carbocycles. The molecule has 93 valence electrons. The largest absolute Gasteiger partial charge is 0.279 e. The summed E-state index contributed by atoms with van der Waals surface area (Å²) in [6, 6.07) is 13.9. The number of anilines is 1. The average Bonchev–Trinajstić information content (AvgIpc) is 2.28. The van der Waals surface area contributed by atoms with Crippen LogP contribution in [0.15, 0.2) is 47.4 Å². The number of rotatable bonds is 3. The molecule has 2 aromatic rings. The van der Waals surface area contributed by atoms with E-state index in [9.17, 15) is 8.42 Å². The van der Waals surface area contributed by atoms with E-state index in [2.05, 4.69) is 10.8 Å². The fourth-order valence-electron chi connectivity index (χ4n) is 1.39. The fourth-order valence-corrected chi connectivity index (χ4v) is 3.57. The van der Waals surface area contributed by atoms with Crippen molar-refractivity contribution in [2.75, 3.05) is 4.72 Å². The molecule has 2 rings (SSSR count). The molecular formula is C12H8Cl2NO2S. The Labute approximate surface area is 115 Å². The summed E-state index contributed by atoms with van der Waals surface area (Å²) in [5.41, 5.74) is 0.327. The van der Waals surface area contributed by atoms with Gasteiger partial charge >= 0.3 is 0 Å². The van der Waals surface area contributed by atoms with E-state index in [4.69, 9.17) is 23.2 Å². The first-order valence-electron chi connectivity index (χ1n) is 4.94. The zero-order valence-electron chi connectivity index (χ0n) is 9.02. The minimum absolute atomic E-state index is 0.0749. The van der Waals surface area contributed by atoms with E-state index in [1.807, 2.05) is 0 Å². The van der Waals surface area contributed by atoms with E-state index in [1.54, 1.807) is 30.3 Å². The van der Waals surface area contributed by atoms with Crippen molar-refractivity contribution in [1.82, 2.24) is 0 Å². The SMILES string of the molecule is O=S(=O)(Nc1[c]cccc1)c1c(Cl)cccc1Cl. The highest BCUT2D eigenvalue weighted by molar-refractivity contribution is 7.93. The van der Waals surface area contributed by atoms with Gasteiger partial charge in [0.15, 0.2) is 0 Å². The van der Waals surface area contributed by atoms with Crippen LogP contribution in [0.5, 0.6) is 0 Å². The van der Waals surface area contributed by atoms with Crippen molar-refractivity contribution in [3.05, 3.63) is 58.6 Å². The molecule has 0 fully saturated rings. The molecule has 0 heterocycles. The maximum atomic E-state index is 12.1. The van der Waals surface area contributed by atoms with Crippen LogP contribution >= 0.6 is 23.2 Å². The molecule has 0 aliphatic heterocycles. The van der Waals surface area contributed by atoms with Crippen LogP contribution in [0.4, 0.5) is 5.69 Å². The second kappa shape index (κ2) is 5.18. The van der Waals surface area contributed by atoms with Crippen molar-refractivity contribution >= 4 is 38.9 Å². The molecule has 0 unspecified atom stereocenters. The van der Waals surface area contributed by atoms with Crippen LogP contribution < -0.4 is 4.72 Å². The molecule has 0 atom stereocenters. The number of halogens is 2. The van der Waals surface area contributed by atoms with Gasteiger partial charge in [-0.2, -0.15) is 0 Å². The van der Waals surface area contributed by atoms with Gasteiger partial charge in [0.1, 0.15) is 4.90 Å². The summed E-state index contributed by atoms with van der Waals surface area (Å²) >= 11 is 11.7. The molecule has 18 heavy (non-hydrogen) atoms. The standard InChI is InChI=1S/C12H8Cl2NO2S/c13-10-7-4-8-11(14)12(10)18(16,17)15-9-5-2-1-3-6-9/h1-5,7-8,15H. The Morgan fingerprint density at radius 2 is 1.67 bits per heavy atom. The summed E-state index contributed by atoms with van der Waals surface area (Å²) in [6.45, 7) is 0. The Morgan fingerprint density at radius 3 is 2.22 bits per heavy atom. The quantitative estimate of drug-likeness (QED) is 0.941. The first-order chi connectivity index (χ1) is 8.50. The van der Waals surface area contributed by atoms with Gasteiger partial charge in [0.05, 0.1) is 15.7 Å². The third-order valence-corrected chi connectivity index (χ3v) is 4.46. The Kier molecular flexibility index (Phi) is 3.80. The van der Waals surface area contributed by atoms with Gasteiger partial charge in [-0.15, -0.1) is 0 Å². The zero-order chi connectivity index (χ0) is 13.2. The summed E-state index contributed by atoms with van der Waals surface area (Å²) in [6.07, 6.45) is 0. The minimum Gasteiger partial charge on any atom is -0.279 e. The lowest BCUT2D eigenvalue weighted by molar-refractivity contribution is 0.601. The summed E-state index contributed by atoms with van der Waals surface area (Å²) in [4.78, 5) is -0.134. The lowest BCUT2D eigenvalue weighted by Gasteiger charge is -2.10. The number of hydrogen-bond donors (Lipinski definition) is 1.